The monoisotopic (exact) mass is 526 g/mol. The van der Waals surface area contributed by atoms with E-state index in [0.717, 1.165) is 44.9 Å². The lowest BCUT2D eigenvalue weighted by molar-refractivity contribution is -0.530. The summed E-state index contributed by atoms with van der Waals surface area (Å²) in [7, 11) is -3.38. The summed E-state index contributed by atoms with van der Waals surface area (Å²) in [4.78, 5) is 27.4. The summed E-state index contributed by atoms with van der Waals surface area (Å²) in [5.41, 5.74) is 11.8. The highest BCUT2D eigenvalue weighted by Gasteiger charge is 2.60. The van der Waals surface area contributed by atoms with Gasteiger partial charge in [0.1, 0.15) is 0 Å². The van der Waals surface area contributed by atoms with Crippen molar-refractivity contribution >= 4 is 21.6 Å². The summed E-state index contributed by atoms with van der Waals surface area (Å²) in [6, 6.07) is -2.45. The highest BCUT2D eigenvalue weighted by atomic mass is 32.2. The molecule has 4 rings (SSSR count). The molecule has 0 spiro atoms. The van der Waals surface area contributed by atoms with Crippen LogP contribution in [0.3, 0.4) is 0 Å². The molecular formula is C24H42N6O5S. The van der Waals surface area contributed by atoms with Crippen molar-refractivity contribution in [2.75, 3.05) is 12.3 Å². The molecule has 6 N–H and O–H groups in total. The molecule has 11 nitrogen and oxygen atoms in total. The molecule has 1 aliphatic heterocycles. The van der Waals surface area contributed by atoms with Gasteiger partial charge in [-0.25, -0.2) is 8.42 Å². The maximum Gasteiger partial charge on any atom is 0.244 e. The lowest BCUT2D eigenvalue weighted by atomic mass is 9.76. The maximum absolute atomic E-state index is 13.6. The number of sulfone groups is 1. The fraction of sp³-hybridized carbons (Fsp3) is 0.917. The number of amidine groups is 1. The van der Waals surface area contributed by atoms with Crippen molar-refractivity contribution in [3.05, 3.63) is 10.1 Å². The Balaban J connectivity index is 1.57. The number of carbonyl (C=O) groups excluding carboxylic acids is 1. The zero-order valence-corrected chi connectivity index (χ0v) is 21.8. The maximum atomic E-state index is 13.6. The first-order valence-corrected chi connectivity index (χ1v) is 15.3. The Bertz CT molecular complexity index is 931. The van der Waals surface area contributed by atoms with E-state index in [9.17, 15) is 23.3 Å². The Labute approximate surface area is 213 Å². The molecular weight excluding hydrogens is 484 g/mol. The van der Waals surface area contributed by atoms with Crippen LogP contribution >= 0.6 is 0 Å². The minimum Gasteiger partial charge on any atom is -0.387 e. The topological polar surface area (TPSA) is 186 Å². The van der Waals surface area contributed by atoms with Gasteiger partial charge in [0.25, 0.3) is 0 Å². The van der Waals surface area contributed by atoms with Crippen LogP contribution in [0.25, 0.3) is 0 Å². The van der Waals surface area contributed by atoms with Gasteiger partial charge in [-0.3, -0.25) is 25.2 Å². The van der Waals surface area contributed by atoms with Crippen molar-refractivity contribution in [3.8, 4) is 0 Å². The molecule has 0 bridgehead atoms. The predicted molar refractivity (Wildman–Crippen MR) is 137 cm³/mol. The van der Waals surface area contributed by atoms with Gasteiger partial charge in [0.2, 0.25) is 11.9 Å². The first-order valence-electron chi connectivity index (χ1n) is 13.6. The van der Waals surface area contributed by atoms with Crippen molar-refractivity contribution in [2.24, 2.45) is 23.3 Å². The van der Waals surface area contributed by atoms with Gasteiger partial charge in [-0.15, -0.1) is 0 Å². The molecule has 3 aliphatic carbocycles. The first-order chi connectivity index (χ1) is 17.1. The number of amides is 1. The van der Waals surface area contributed by atoms with E-state index in [4.69, 9.17) is 16.9 Å². The molecule has 0 aromatic carbocycles. The zero-order chi connectivity index (χ0) is 26.0. The lowest BCUT2D eigenvalue weighted by Crippen LogP contribution is -2.55. The van der Waals surface area contributed by atoms with Gasteiger partial charge in [-0.2, -0.15) is 0 Å². The number of rotatable bonds is 8. The Morgan fingerprint density at radius 2 is 1.72 bits per heavy atom. The number of carbonyl (C=O) groups is 1. The fourth-order valence-corrected chi connectivity index (χ4v) is 8.98. The van der Waals surface area contributed by atoms with Gasteiger partial charge >= 0.3 is 0 Å². The van der Waals surface area contributed by atoms with E-state index < -0.39 is 21.9 Å². The largest absolute Gasteiger partial charge is 0.387 e. The first kappa shape index (κ1) is 27.3. The Kier molecular flexibility index (Phi) is 8.56. The Morgan fingerprint density at radius 3 is 2.33 bits per heavy atom. The molecule has 36 heavy (non-hydrogen) atoms. The average molecular weight is 527 g/mol. The standard InChI is InChI=1S/C24H42N6O5S/c25-16-7-9-17(10-8-16)28-24(31)22-21(30(32)33)19-11-6-15(23(26)27)14-20(19)29(22)12-13-36(34,35)18-4-2-1-3-5-18/h15-22H,1-14,25H2,(H3,26,27)(H,28,31). The minimum absolute atomic E-state index is 0.0485. The zero-order valence-electron chi connectivity index (χ0n) is 21.0. The number of hydrogen-bond donors (Lipinski definition) is 4. The number of nitrogens with one attached hydrogen (secondary N) is 2. The summed E-state index contributed by atoms with van der Waals surface area (Å²) in [6.45, 7) is 0.0859. The van der Waals surface area contributed by atoms with Gasteiger partial charge in [0.05, 0.1) is 16.8 Å². The summed E-state index contributed by atoms with van der Waals surface area (Å²) in [6.07, 6.45) is 8.73. The number of likely N-dealkylation sites (tertiary alicyclic amines) is 1. The summed E-state index contributed by atoms with van der Waals surface area (Å²) in [5, 5.41) is 22.9. The van der Waals surface area contributed by atoms with E-state index in [1.165, 1.54) is 0 Å². The molecule has 0 aromatic heterocycles. The van der Waals surface area contributed by atoms with E-state index in [2.05, 4.69) is 5.32 Å². The van der Waals surface area contributed by atoms with E-state index in [0.29, 0.717) is 32.1 Å². The molecule has 4 aliphatic rings. The van der Waals surface area contributed by atoms with Crippen LogP contribution in [-0.4, -0.2) is 77.7 Å². The van der Waals surface area contributed by atoms with Gasteiger partial charge in [-0.1, -0.05) is 19.3 Å². The van der Waals surface area contributed by atoms with Crippen LogP contribution in [0, 0.1) is 27.4 Å². The third kappa shape index (κ3) is 5.85. The molecule has 12 heteroatoms. The van der Waals surface area contributed by atoms with E-state index >= 15 is 0 Å². The molecule has 5 unspecified atom stereocenters. The predicted octanol–water partition coefficient (Wildman–Crippen LogP) is 1.17. The summed E-state index contributed by atoms with van der Waals surface area (Å²) in [5.74, 6) is -1.03. The highest BCUT2D eigenvalue weighted by Crippen LogP contribution is 2.43. The summed E-state index contributed by atoms with van der Waals surface area (Å²) >= 11 is 0. The van der Waals surface area contributed by atoms with Crippen molar-refractivity contribution in [2.45, 2.75) is 113 Å². The number of nitro groups is 1. The van der Waals surface area contributed by atoms with Gasteiger partial charge < -0.3 is 16.8 Å². The molecule has 1 amide bonds. The van der Waals surface area contributed by atoms with Crippen LogP contribution < -0.4 is 16.8 Å². The second-order valence-electron chi connectivity index (χ2n) is 11.4. The van der Waals surface area contributed by atoms with Crippen LogP contribution in [0.4, 0.5) is 0 Å². The normalized spacial score (nSPS) is 36.2. The summed E-state index contributed by atoms with van der Waals surface area (Å²) < 4.78 is 26.4. The molecule has 1 heterocycles. The molecule has 4 fully saturated rings. The van der Waals surface area contributed by atoms with Crippen molar-refractivity contribution in [1.82, 2.24) is 10.2 Å². The van der Waals surface area contributed by atoms with Gasteiger partial charge in [-0.05, 0) is 57.8 Å². The van der Waals surface area contributed by atoms with Crippen LogP contribution in [0.2, 0.25) is 0 Å². The van der Waals surface area contributed by atoms with E-state index in [1.54, 1.807) is 4.90 Å². The van der Waals surface area contributed by atoms with Crippen LogP contribution in [0.5, 0.6) is 0 Å². The van der Waals surface area contributed by atoms with Crippen LogP contribution in [0.1, 0.15) is 77.0 Å². The number of fused-ring (bicyclic) bond motifs is 1. The van der Waals surface area contributed by atoms with Crippen molar-refractivity contribution in [3.63, 3.8) is 0 Å². The van der Waals surface area contributed by atoms with Gasteiger partial charge in [0.15, 0.2) is 15.9 Å². The second kappa shape index (κ2) is 11.3. The van der Waals surface area contributed by atoms with E-state index in [1.807, 2.05) is 0 Å². The molecule has 204 valence electrons. The van der Waals surface area contributed by atoms with E-state index in [-0.39, 0.29) is 64.2 Å². The minimum atomic E-state index is -3.38. The molecule has 1 saturated heterocycles. The van der Waals surface area contributed by atoms with Crippen LogP contribution in [0.15, 0.2) is 0 Å². The fourth-order valence-electron chi connectivity index (χ4n) is 7.12. The SMILES string of the molecule is N=C(N)C1CCC2C(C1)N(CCS(=O)(=O)C1CCCCC1)C(C(=O)NC1CCC(N)CC1)C2[N+](=O)[O-]. The second-order valence-corrected chi connectivity index (χ2v) is 13.8. The average Bonchev–Trinajstić information content (AvgIpc) is 3.19. The highest BCUT2D eigenvalue weighted by molar-refractivity contribution is 7.92. The number of nitrogens with zero attached hydrogens (tertiary/aromatic N) is 2. The molecule has 0 radical (unpaired) electrons. The van der Waals surface area contributed by atoms with Crippen molar-refractivity contribution < 1.29 is 18.1 Å². The third-order valence-electron chi connectivity index (χ3n) is 9.18. The quantitative estimate of drug-likeness (QED) is 0.157. The molecule has 3 saturated carbocycles. The Morgan fingerprint density at radius 1 is 1.06 bits per heavy atom. The van der Waals surface area contributed by atoms with Crippen molar-refractivity contribution in [1.29, 1.82) is 5.41 Å². The van der Waals surface area contributed by atoms with Crippen LogP contribution in [-0.2, 0) is 14.6 Å². The van der Waals surface area contributed by atoms with Gasteiger partial charge in [0, 0.05) is 41.4 Å². The lowest BCUT2D eigenvalue weighted by Gasteiger charge is -2.36. The smallest absolute Gasteiger partial charge is 0.244 e. The molecule has 0 aromatic rings. The third-order valence-corrected chi connectivity index (χ3v) is 11.4. The molecule has 5 atom stereocenters. The number of hydrogen-bond acceptors (Lipinski definition) is 8. The number of nitrogens with two attached hydrogens (primary N) is 2. The Hall–Kier alpha value is -1.79.